The third kappa shape index (κ3) is 3.71. The molecule has 2 aromatic rings. The molecule has 0 unspecified atom stereocenters. The maximum atomic E-state index is 13.0. The molecule has 0 atom stereocenters. The molecule has 0 spiro atoms. The van der Waals surface area contributed by atoms with Gasteiger partial charge in [-0.05, 0) is 38.8 Å². The topological polar surface area (TPSA) is 64.4 Å². The minimum atomic E-state index is -3.56. The molecule has 6 nitrogen and oxygen atoms in total. The first-order valence-electron chi connectivity index (χ1n) is 8.32. The van der Waals surface area contributed by atoms with Gasteiger partial charge < -0.3 is 4.74 Å². The second-order valence-electron chi connectivity index (χ2n) is 6.42. The Kier molecular flexibility index (Phi) is 5.53. The molecule has 9 heteroatoms. The molecular weight excluding hydrogens is 397 g/mol. The molecule has 26 heavy (non-hydrogen) atoms. The second-order valence-corrected chi connectivity index (χ2v) is 9.11. The highest BCUT2D eigenvalue weighted by Crippen LogP contribution is 2.30. The van der Waals surface area contributed by atoms with E-state index in [1.54, 1.807) is 43.8 Å². The Labute approximate surface area is 163 Å². The normalized spacial score (nSPS) is 16.8. The van der Waals surface area contributed by atoms with Crippen molar-refractivity contribution in [2.45, 2.75) is 37.7 Å². The van der Waals surface area contributed by atoms with E-state index in [1.165, 1.54) is 4.31 Å². The maximum Gasteiger partial charge on any atom is 0.246 e. The second kappa shape index (κ2) is 7.38. The smallest absolute Gasteiger partial charge is 0.246 e. The number of hydrogen-bond acceptors (Lipinski definition) is 4. The van der Waals surface area contributed by atoms with Crippen LogP contribution in [0.2, 0.25) is 10.0 Å². The Morgan fingerprint density at radius 1 is 1.15 bits per heavy atom. The fourth-order valence-electron chi connectivity index (χ4n) is 3.19. The Morgan fingerprint density at radius 2 is 1.81 bits per heavy atom. The SMILES string of the molecule is Cc1nn(C)c(C)c1S(=O)(=O)N1CCC(Oc2ccc(Cl)c(Cl)c2)CC1. The minimum Gasteiger partial charge on any atom is -0.490 e. The molecule has 2 heterocycles. The van der Waals surface area contributed by atoms with Crippen LogP contribution in [0.1, 0.15) is 24.2 Å². The summed E-state index contributed by atoms with van der Waals surface area (Å²) < 4.78 is 35.0. The van der Waals surface area contributed by atoms with Crippen LogP contribution in [0.3, 0.4) is 0 Å². The van der Waals surface area contributed by atoms with Crippen molar-refractivity contribution in [2.75, 3.05) is 13.1 Å². The van der Waals surface area contributed by atoms with Crippen molar-refractivity contribution in [3.63, 3.8) is 0 Å². The predicted octanol–water partition coefficient (Wildman–Crippen LogP) is 3.58. The van der Waals surface area contributed by atoms with E-state index in [0.29, 0.717) is 58.0 Å². The van der Waals surface area contributed by atoms with Gasteiger partial charge in [0.05, 0.1) is 21.4 Å². The average molecular weight is 418 g/mol. The van der Waals surface area contributed by atoms with Crippen molar-refractivity contribution < 1.29 is 13.2 Å². The summed E-state index contributed by atoms with van der Waals surface area (Å²) in [4.78, 5) is 0.309. The summed E-state index contributed by atoms with van der Waals surface area (Å²) in [6.07, 6.45) is 1.16. The Morgan fingerprint density at radius 3 is 2.35 bits per heavy atom. The first-order valence-corrected chi connectivity index (χ1v) is 10.5. The van der Waals surface area contributed by atoms with Gasteiger partial charge in [-0.3, -0.25) is 4.68 Å². The zero-order chi connectivity index (χ0) is 19.1. The van der Waals surface area contributed by atoms with Gasteiger partial charge in [-0.25, -0.2) is 8.42 Å². The fourth-order valence-corrected chi connectivity index (χ4v) is 5.35. The van der Waals surface area contributed by atoms with Gasteiger partial charge >= 0.3 is 0 Å². The number of nitrogens with zero attached hydrogens (tertiary/aromatic N) is 3. The highest BCUT2D eigenvalue weighted by molar-refractivity contribution is 7.89. The largest absolute Gasteiger partial charge is 0.490 e. The molecule has 1 aliphatic heterocycles. The van der Waals surface area contributed by atoms with E-state index in [-0.39, 0.29) is 6.10 Å². The van der Waals surface area contributed by atoms with Gasteiger partial charge in [-0.15, -0.1) is 0 Å². The zero-order valence-corrected chi connectivity index (χ0v) is 17.2. The first kappa shape index (κ1) is 19.5. The quantitative estimate of drug-likeness (QED) is 0.762. The third-order valence-corrected chi connectivity index (χ3v) is 7.53. The first-order chi connectivity index (χ1) is 12.2. The van der Waals surface area contributed by atoms with Crippen LogP contribution >= 0.6 is 23.2 Å². The van der Waals surface area contributed by atoms with E-state index < -0.39 is 10.0 Å². The Bertz CT molecular complexity index is 920. The molecule has 142 valence electrons. The molecule has 1 saturated heterocycles. The van der Waals surface area contributed by atoms with Crippen molar-refractivity contribution in [2.24, 2.45) is 7.05 Å². The molecule has 1 aliphatic rings. The van der Waals surface area contributed by atoms with E-state index in [0.717, 1.165) is 0 Å². The monoisotopic (exact) mass is 417 g/mol. The summed E-state index contributed by atoms with van der Waals surface area (Å²) in [5, 5.41) is 5.13. The highest BCUT2D eigenvalue weighted by Gasteiger charge is 2.33. The molecular formula is C17H21Cl2N3O3S. The van der Waals surface area contributed by atoms with E-state index >= 15 is 0 Å². The lowest BCUT2D eigenvalue weighted by molar-refractivity contribution is 0.135. The van der Waals surface area contributed by atoms with Crippen LogP contribution in [0.4, 0.5) is 0 Å². The lowest BCUT2D eigenvalue weighted by atomic mass is 10.1. The molecule has 0 bridgehead atoms. The van der Waals surface area contributed by atoms with Gasteiger partial charge in [-0.1, -0.05) is 23.2 Å². The lowest BCUT2D eigenvalue weighted by Crippen LogP contribution is -2.42. The molecule has 0 saturated carbocycles. The van der Waals surface area contributed by atoms with Gasteiger partial charge in [0.2, 0.25) is 10.0 Å². The number of aromatic nitrogens is 2. The summed E-state index contributed by atoms with van der Waals surface area (Å²) in [5.74, 6) is 0.639. The summed E-state index contributed by atoms with van der Waals surface area (Å²) in [6, 6.07) is 5.13. The van der Waals surface area contributed by atoms with Crippen LogP contribution in [-0.4, -0.2) is 41.7 Å². The van der Waals surface area contributed by atoms with Crippen molar-refractivity contribution >= 4 is 33.2 Å². The van der Waals surface area contributed by atoms with Crippen LogP contribution in [0.15, 0.2) is 23.1 Å². The third-order valence-electron chi connectivity index (χ3n) is 4.64. The zero-order valence-electron chi connectivity index (χ0n) is 14.9. The number of piperidine rings is 1. The number of rotatable bonds is 4. The van der Waals surface area contributed by atoms with E-state index in [9.17, 15) is 8.42 Å². The van der Waals surface area contributed by atoms with Crippen molar-refractivity contribution in [3.05, 3.63) is 39.6 Å². The van der Waals surface area contributed by atoms with Crippen LogP contribution in [0.5, 0.6) is 5.75 Å². The van der Waals surface area contributed by atoms with Gasteiger partial charge in [0.15, 0.2) is 0 Å². The Hall–Kier alpha value is -1.28. The summed E-state index contributed by atoms with van der Waals surface area (Å²) in [6.45, 7) is 4.30. The van der Waals surface area contributed by atoms with Crippen LogP contribution in [0, 0.1) is 13.8 Å². The number of aryl methyl sites for hydroxylation is 2. The standard InChI is InChI=1S/C17H21Cl2N3O3S/c1-11-17(12(2)21(3)20-11)26(23,24)22-8-6-13(7-9-22)25-14-4-5-15(18)16(19)10-14/h4-5,10,13H,6-9H2,1-3H3. The number of ether oxygens (including phenoxy) is 1. The molecule has 1 aromatic heterocycles. The maximum absolute atomic E-state index is 13.0. The van der Waals surface area contributed by atoms with E-state index in [2.05, 4.69) is 5.10 Å². The van der Waals surface area contributed by atoms with Gasteiger partial charge in [0.1, 0.15) is 16.7 Å². The number of sulfonamides is 1. The molecule has 0 aliphatic carbocycles. The summed E-state index contributed by atoms with van der Waals surface area (Å²) in [7, 11) is -1.81. The highest BCUT2D eigenvalue weighted by atomic mass is 35.5. The lowest BCUT2D eigenvalue weighted by Gasteiger charge is -2.31. The summed E-state index contributed by atoms with van der Waals surface area (Å²) >= 11 is 11.9. The molecule has 1 aromatic carbocycles. The van der Waals surface area contributed by atoms with Crippen LogP contribution in [-0.2, 0) is 17.1 Å². The van der Waals surface area contributed by atoms with Crippen LogP contribution < -0.4 is 4.74 Å². The van der Waals surface area contributed by atoms with Gasteiger partial charge in [-0.2, -0.15) is 9.40 Å². The molecule has 0 radical (unpaired) electrons. The van der Waals surface area contributed by atoms with Gasteiger partial charge in [0, 0.05) is 26.2 Å². The van der Waals surface area contributed by atoms with Crippen LogP contribution in [0.25, 0.3) is 0 Å². The molecule has 1 fully saturated rings. The van der Waals surface area contributed by atoms with Gasteiger partial charge in [0.25, 0.3) is 0 Å². The molecule has 3 rings (SSSR count). The van der Waals surface area contributed by atoms with Crippen molar-refractivity contribution in [3.8, 4) is 5.75 Å². The van der Waals surface area contributed by atoms with E-state index in [1.807, 2.05) is 0 Å². The van der Waals surface area contributed by atoms with E-state index in [4.69, 9.17) is 27.9 Å². The number of benzene rings is 1. The fraction of sp³-hybridized carbons (Fsp3) is 0.471. The number of halogens is 2. The van der Waals surface area contributed by atoms with Crippen molar-refractivity contribution in [1.29, 1.82) is 0 Å². The Balaban J connectivity index is 1.68. The minimum absolute atomic E-state index is 0.0604. The molecule has 0 amide bonds. The number of hydrogen-bond donors (Lipinski definition) is 0. The summed E-state index contributed by atoms with van der Waals surface area (Å²) in [5.41, 5.74) is 1.18. The molecule has 0 N–H and O–H groups in total. The van der Waals surface area contributed by atoms with Crippen molar-refractivity contribution in [1.82, 2.24) is 14.1 Å². The predicted molar refractivity (Wildman–Crippen MR) is 102 cm³/mol. The average Bonchev–Trinajstić information content (AvgIpc) is 2.84.